The summed E-state index contributed by atoms with van der Waals surface area (Å²) < 4.78 is 5.50. The van der Waals surface area contributed by atoms with E-state index in [1.807, 2.05) is 30.3 Å². The van der Waals surface area contributed by atoms with Gasteiger partial charge in [-0.3, -0.25) is 5.32 Å². The molecular weight excluding hydrogens is 226 g/mol. The average molecular weight is 245 g/mol. The second kappa shape index (κ2) is 6.38. The van der Waals surface area contributed by atoms with Crippen molar-refractivity contribution in [2.24, 2.45) is 0 Å². The van der Waals surface area contributed by atoms with Gasteiger partial charge >= 0.3 is 0 Å². The summed E-state index contributed by atoms with van der Waals surface area (Å²) in [6.45, 7) is 2.18. The van der Waals surface area contributed by atoms with Crippen molar-refractivity contribution in [3.05, 3.63) is 60.1 Å². The number of hydrogen-bond acceptors (Lipinski definition) is 3. The van der Waals surface area contributed by atoms with Crippen LogP contribution in [-0.4, -0.2) is 17.8 Å². The minimum absolute atomic E-state index is 0.0155. The second-order valence-electron chi connectivity index (χ2n) is 4.31. The largest absolute Gasteiger partial charge is 0.467 e. The van der Waals surface area contributed by atoms with Gasteiger partial charge in [-0.1, -0.05) is 37.3 Å². The van der Waals surface area contributed by atoms with Crippen LogP contribution in [0.5, 0.6) is 0 Å². The number of aliphatic hydroxyl groups excluding tert-OH is 1. The standard InChI is InChI=1S/C15H19NO2/c1-2-13(11-17)16-15(14-9-6-10-18-14)12-7-4-3-5-8-12/h3-10,13,15-17H,2,11H2,1H3/t13-,15?/m0/s1. The molecule has 2 atom stereocenters. The summed E-state index contributed by atoms with van der Waals surface area (Å²) >= 11 is 0. The lowest BCUT2D eigenvalue weighted by molar-refractivity contribution is 0.228. The van der Waals surface area contributed by atoms with E-state index in [1.165, 1.54) is 0 Å². The van der Waals surface area contributed by atoms with E-state index in [0.717, 1.165) is 17.7 Å². The third kappa shape index (κ3) is 3.00. The Labute approximate surface area is 107 Å². The SMILES string of the molecule is CC[C@@H](CO)NC(c1ccccc1)c1ccco1. The molecule has 1 aromatic heterocycles. The summed E-state index contributed by atoms with van der Waals surface area (Å²) in [5.41, 5.74) is 1.14. The van der Waals surface area contributed by atoms with Crippen molar-refractivity contribution in [2.45, 2.75) is 25.4 Å². The zero-order valence-corrected chi connectivity index (χ0v) is 10.5. The Morgan fingerprint density at radius 3 is 2.50 bits per heavy atom. The first-order valence-corrected chi connectivity index (χ1v) is 6.30. The number of furan rings is 1. The van der Waals surface area contributed by atoms with Crippen LogP contribution in [0.4, 0.5) is 0 Å². The number of hydrogen-bond donors (Lipinski definition) is 2. The average Bonchev–Trinajstić information content (AvgIpc) is 2.95. The Hall–Kier alpha value is -1.58. The van der Waals surface area contributed by atoms with Crippen LogP contribution in [0.2, 0.25) is 0 Å². The molecule has 0 aliphatic rings. The molecule has 2 aromatic rings. The Kier molecular flexibility index (Phi) is 4.56. The summed E-state index contributed by atoms with van der Waals surface area (Å²) in [6.07, 6.45) is 2.55. The predicted molar refractivity (Wildman–Crippen MR) is 71.3 cm³/mol. The minimum atomic E-state index is -0.0155. The van der Waals surface area contributed by atoms with Gasteiger partial charge in [-0.2, -0.15) is 0 Å². The van der Waals surface area contributed by atoms with Crippen LogP contribution in [0, 0.1) is 0 Å². The second-order valence-corrected chi connectivity index (χ2v) is 4.31. The van der Waals surface area contributed by atoms with Crippen molar-refractivity contribution >= 4 is 0 Å². The van der Waals surface area contributed by atoms with Crippen LogP contribution >= 0.6 is 0 Å². The van der Waals surface area contributed by atoms with E-state index >= 15 is 0 Å². The lowest BCUT2D eigenvalue weighted by atomic mass is 10.0. The molecule has 0 fully saturated rings. The van der Waals surface area contributed by atoms with Crippen molar-refractivity contribution < 1.29 is 9.52 Å². The molecule has 1 heterocycles. The topological polar surface area (TPSA) is 45.4 Å². The fraction of sp³-hybridized carbons (Fsp3) is 0.333. The van der Waals surface area contributed by atoms with E-state index in [0.29, 0.717) is 0 Å². The molecule has 2 N–H and O–H groups in total. The highest BCUT2D eigenvalue weighted by molar-refractivity contribution is 5.26. The highest BCUT2D eigenvalue weighted by Crippen LogP contribution is 2.23. The first kappa shape index (κ1) is 12.9. The first-order chi connectivity index (χ1) is 8.85. The van der Waals surface area contributed by atoms with Gasteiger partial charge in [-0.25, -0.2) is 0 Å². The fourth-order valence-electron chi connectivity index (χ4n) is 1.98. The maximum Gasteiger partial charge on any atom is 0.125 e. The van der Waals surface area contributed by atoms with E-state index in [2.05, 4.69) is 24.4 Å². The zero-order chi connectivity index (χ0) is 12.8. The summed E-state index contributed by atoms with van der Waals surface area (Å²) in [7, 11) is 0. The van der Waals surface area contributed by atoms with E-state index < -0.39 is 0 Å². The van der Waals surface area contributed by atoms with Crippen molar-refractivity contribution in [1.29, 1.82) is 0 Å². The van der Waals surface area contributed by atoms with Gasteiger partial charge in [0.05, 0.1) is 18.9 Å². The number of benzene rings is 1. The quantitative estimate of drug-likeness (QED) is 0.822. The molecule has 0 saturated carbocycles. The molecule has 1 aromatic carbocycles. The molecule has 0 bridgehead atoms. The van der Waals surface area contributed by atoms with Gasteiger partial charge < -0.3 is 9.52 Å². The van der Waals surface area contributed by atoms with Gasteiger partial charge in [0, 0.05) is 6.04 Å². The molecule has 3 nitrogen and oxygen atoms in total. The summed E-state index contributed by atoms with van der Waals surface area (Å²) in [6, 6.07) is 14.0. The van der Waals surface area contributed by atoms with Crippen LogP contribution < -0.4 is 5.32 Å². The smallest absolute Gasteiger partial charge is 0.125 e. The number of nitrogens with one attached hydrogen (secondary N) is 1. The van der Waals surface area contributed by atoms with Crippen molar-refractivity contribution in [1.82, 2.24) is 5.32 Å². The van der Waals surface area contributed by atoms with Crippen LogP contribution in [0.1, 0.15) is 30.7 Å². The third-order valence-electron chi connectivity index (χ3n) is 3.08. The predicted octanol–water partition coefficient (Wildman–Crippen LogP) is 2.73. The number of rotatable bonds is 6. The van der Waals surface area contributed by atoms with Crippen LogP contribution in [-0.2, 0) is 0 Å². The molecule has 1 unspecified atom stereocenters. The zero-order valence-electron chi connectivity index (χ0n) is 10.5. The summed E-state index contributed by atoms with van der Waals surface area (Å²) in [5.74, 6) is 0.869. The monoisotopic (exact) mass is 245 g/mol. The minimum Gasteiger partial charge on any atom is -0.467 e. The Bertz CT molecular complexity index is 435. The molecule has 18 heavy (non-hydrogen) atoms. The van der Waals surface area contributed by atoms with Gasteiger partial charge in [0.15, 0.2) is 0 Å². The van der Waals surface area contributed by atoms with Gasteiger partial charge in [0.25, 0.3) is 0 Å². The molecular formula is C15H19NO2. The molecule has 0 aliphatic heterocycles. The lowest BCUT2D eigenvalue weighted by Crippen LogP contribution is -2.35. The Balaban J connectivity index is 2.24. The molecule has 3 heteroatoms. The van der Waals surface area contributed by atoms with Gasteiger partial charge in [-0.05, 0) is 24.1 Å². The van der Waals surface area contributed by atoms with E-state index in [4.69, 9.17) is 4.42 Å². The van der Waals surface area contributed by atoms with E-state index in [9.17, 15) is 5.11 Å². The van der Waals surface area contributed by atoms with Crippen molar-refractivity contribution in [2.75, 3.05) is 6.61 Å². The fourth-order valence-corrected chi connectivity index (χ4v) is 1.98. The van der Waals surface area contributed by atoms with E-state index in [1.54, 1.807) is 6.26 Å². The third-order valence-corrected chi connectivity index (χ3v) is 3.08. The molecule has 0 radical (unpaired) electrons. The van der Waals surface area contributed by atoms with Gasteiger partial charge in [-0.15, -0.1) is 0 Å². The van der Waals surface area contributed by atoms with E-state index in [-0.39, 0.29) is 18.7 Å². The highest BCUT2D eigenvalue weighted by atomic mass is 16.3. The van der Waals surface area contributed by atoms with Crippen molar-refractivity contribution in [3.8, 4) is 0 Å². The van der Waals surface area contributed by atoms with Crippen LogP contribution in [0.25, 0.3) is 0 Å². The number of aliphatic hydroxyl groups is 1. The van der Waals surface area contributed by atoms with Crippen LogP contribution in [0.3, 0.4) is 0 Å². The lowest BCUT2D eigenvalue weighted by Gasteiger charge is -2.22. The molecule has 0 amide bonds. The van der Waals surface area contributed by atoms with Crippen LogP contribution in [0.15, 0.2) is 53.1 Å². The Morgan fingerprint density at radius 1 is 1.17 bits per heavy atom. The summed E-state index contributed by atoms with van der Waals surface area (Å²) in [4.78, 5) is 0. The van der Waals surface area contributed by atoms with Crippen molar-refractivity contribution in [3.63, 3.8) is 0 Å². The molecule has 2 rings (SSSR count). The first-order valence-electron chi connectivity index (χ1n) is 6.30. The molecule has 96 valence electrons. The normalized spacial score (nSPS) is 14.3. The van der Waals surface area contributed by atoms with Gasteiger partial charge in [0.2, 0.25) is 0 Å². The molecule has 0 aliphatic carbocycles. The maximum absolute atomic E-state index is 9.33. The summed E-state index contributed by atoms with van der Waals surface area (Å²) in [5, 5.41) is 12.8. The Morgan fingerprint density at radius 2 is 1.94 bits per heavy atom. The molecule has 0 spiro atoms. The molecule has 0 saturated heterocycles. The maximum atomic E-state index is 9.33. The van der Waals surface area contributed by atoms with Gasteiger partial charge in [0.1, 0.15) is 5.76 Å². The highest BCUT2D eigenvalue weighted by Gasteiger charge is 2.19.